The van der Waals surface area contributed by atoms with Crippen LogP contribution >= 0.6 is 0 Å². The first-order valence-electron chi connectivity index (χ1n) is 3.46. The van der Waals surface area contributed by atoms with E-state index in [1.165, 1.54) is 0 Å². The van der Waals surface area contributed by atoms with Crippen LogP contribution in [0.5, 0.6) is 5.75 Å². The molecule has 2 heteroatoms. The van der Waals surface area contributed by atoms with Crippen LogP contribution in [-0.2, 0) is 0 Å². The summed E-state index contributed by atoms with van der Waals surface area (Å²) in [6, 6.07) is 7.43. The largest absolute Gasteiger partial charge is 0.497 e. The summed E-state index contributed by atoms with van der Waals surface area (Å²) in [5.41, 5.74) is 6.57. The molecule has 2 N–H and O–H groups in total. The second-order valence-electron chi connectivity index (χ2n) is 2.38. The van der Waals surface area contributed by atoms with E-state index in [1.807, 2.05) is 24.3 Å². The molecular formula is C9H12NO. The third-order valence-electron chi connectivity index (χ3n) is 1.54. The van der Waals surface area contributed by atoms with E-state index in [4.69, 9.17) is 10.5 Å². The van der Waals surface area contributed by atoms with Crippen LogP contribution < -0.4 is 10.5 Å². The topological polar surface area (TPSA) is 35.2 Å². The van der Waals surface area contributed by atoms with Crippen molar-refractivity contribution in [2.24, 2.45) is 5.73 Å². The molecule has 0 saturated heterocycles. The van der Waals surface area contributed by atoms with Gasteiger partial charge >= 0.3 is 0 Å². The molecule has 11 heavy (non-hydrogen) atoms. The van der Waals surface area contributed by atoms with Crippen molar-refractivity contribution in [3.05, 3.63) is 36.8 Å². The minimum absolute atomic E-state index is 0.152. The lowest BCUT2D eigenvalue weighted by atomic mass is 10.1. The molecule has 0 aliphatic rings. The summed E-state index contributed by atoms with van der Waals surface area (Å²) in [5.74, 6) is 0.842. The van der Waals surface area contributed by atoms with Crippen LogP contribution in [0.2, 0.25) is 0 Å². The normalized spacial score (nSPS) is 12.6. The number of ether oxygens (including phenoxy) is 1. The highest BCUT2D eigenvalue weighted by Crippen LogP contribution is 2.14. The molecule has 0 aliphatic carbocycles. The monoisotopic (exact) mass is 150 g/mol. The lowest BCUT2D eigenvalue weighted by molar-refractivity contribution is 0.414. The third-order valence-corrected chi connectivity index (χ3v) is 1.54. The van der Waals surface area contributed by atoms with Crippen LogP contribution in [0.3, 0.4) is 0 Å². The molecule has 1 radical (unpaired) electrons. The summed E-state index contributed by atoms with van der Waals surface area (Å²) in [6.07, 6.45) is 0. The molecule has 1 aromatic carbocycles. The highest BCUT2D eigenvalue weighted by Gasteiger charge is 1.97. The first kappa shape index (κ1) is 8.08. The van der Waals surface area contributed by atoms with Crippen molar-refractivity contribution in [2.75, 3.05) is 7.11 Å². The van der Waals surface area contributed by atoms with Crippen LogP contribution in [0.4, 0.5) is 0 Å². The molecule has 1 rings (SSSR count). The molecule has 0 fully saturated rings. The fourth-order valence-electron chi connectivity index (χ4n) is 0.851. The second kappa shape index (κ2) is 3.39. The fraction of sp³-hybridized carbons (Fsp3) is 0.222. The van der Waals surface area contributed by atoms with Gasteiger partial charge in [-0.2, -0.15) is 0 Å². The Labute approximate surface area is 67.0 Å². The van der Waals surface area contributed by atoms with E-state index in [9.17, 15) is 0 Å². The van der Waals surface area contributed by atoms with Gasteiger partial charge in [0, 0.05) is 6.04 Å². The van der Waals surface area contributed by atoms with E-state index in [2.05, 4.69) is 6.92 Å². The van der Waals surface area contributed by atoms with Gasteiger partial charge in [0.15, 0.2) is 0 Å². The predicted octanol–water partition coefficient (Wildman–Crippen LogP) is 1.53. The Kier molecular flexibility index (Phi) is 2.49. The highest BCUT2D eigenvalue weighted by atomic mass is 16.5. The van der Waals surface area contributed by atoms with Gasteiger partial charge in [-0.1, -0.05) is 12.1 Å². The molecule has 0 aliphatic heterocycles. The molecule has 1 aromatic rings. The molecular weight excluding hydrogens is 138 g/mol. The van der Waals surface area contributed by atoms with Crippen LogP contribution in [0.15, 0.2) is 24.3 Å². The number of rotatable bonds is 2. The van der Waals surface area contributed by atoms with E-state index < -0.39 is 0 Å². The summed E-state index contributed by atoms with van der Waals surface area (Å²) < 4.78 is 4.99. The SMILES string of the molecule is [CH2][C@H](N)c1ccc(OC)cc1. The number of methoxy groups -OCH3 is 1. The molecule has 0 bridgehead atoms. The van der Waals surface area contributed by atoms with Gasteiger partial charge in [-0.25, -0.2) is 0 Å². The van der Waals surface area contributed by atoms with Crippen molar-refractivity contribution in [3.63, 3.8) is 0 Å². The van der Waals surface area contributed by atoms with Crippen molar-refractivity contribution in [3.8, 4) is 5.75 Å². The summed E-state index contributed by atoms with van der Waals surface area (Å²) in [4.78, 5) is 0. The molecule has 0 saturated carbocycles. The second-order valence-corrected chi connectivity index (χ2v) is 2.38. The molecule has 0 unspecified atom stereocenters. The van der Waals surface area contributed by atoms with Crippen LogP contribution in [0.25, 0.3) is 0 Å². The number of hydrogen-bond donors (Lipinski definition) is 1. The number of hydrogen-bond acceptors (Lipinski definition) is 2. The quantitative estimate of drug-likeness (QED) is 0.693. The van der Waals surface area contributed by atoms with Gasteiger partial charge in [-0.3, -0.25) is 0 Å². The summed E-state index contributed by atoms with van der Waals surface area (Å²) in [5, 5.41) is 0. The Balaban J connectivity index is 2.83. The summed E-state index contributed by atoms with van der Waals surface area (Å²) in [7, 11) is 1.64. The predicted molar refractivity (Wildman–Crippen MR) is 45.3 cm³/mol. The first-order chi connectivity index (χ1) is 5.24. The van der Waals surface area contributed by atoms with Gasteiger partial charge in [0.2, 0.25) is 0 Å². The Morgan fingerprint density at radius 2 is 1.91 bits per heavy atom. The fourth-order valence-corrected chi connectivity index (χ4v) is 0.851. The molecule has 59 valence electrons. The third kappa shape index (κ3) is 1.95. The number of benzene rings is 1. The van der Waals surface area contributed by atoms with E-state index in [1.54, 1.807) is 7.11 Å². The maximum absolute atomic E-state index is 5.55. The van der Waals surface area contributed by atoms with Crippen molar-refractivity contribution in [2.45, 2.75) is 6.04 Å². The van der Waals surface area contributed by atoms with E-state index in [0.29, 0.717) is 0 Å². The van der Waals surface area contributed by atoms with Crippen molar-refractivity contribution >= 4 is 0 Å². The molecule has 2 nitrogen and oxygen atoms in total. The van der Waals surface area contributed by atoms with Gasteiger partial charge in [0.05, 0.1) is 7.11 Å². The zero-order valence-corrected chi connectivity index (χ0v) is 6.58. The zero-order valence-electron chi connectivity index (χ0n) is 6.58. The Morgan fingerprint density at radius 3 is 2.27 bits per heavy atom. The molecule has 0 heterocycles. The van der Waals surface area contributed by atoms with E-state index in [0.717, 1.165) is 11.3 Å². The van der Waals surface area contributed by atoms with Gasteiger partial charge in [0.1, 0.15) is 5.75 Å². The summed E-state index contributed by atoms with van der Waals surface area (Å²) >= 11 is 0. The smallest absolute Gasteiger partial charge is 0.118 e. The maximum Gasteiger partial charge on any atom is 0.118 e. The lowest BCUT2D eigenvalue weighted by Gasteiger charge is -2.05. The Morgan fingerprint density at radius 1 is 1.36 bits per heavy atom. The first-order valence-corrected chi connectivity index (χ1v) is 3.46. The molecule has 0 aromatic heterocycles. The molecule has 1 atom stereocenters. The average Bonchev–Trinajstić information content (AvgIpc) is 2.05. The molecule has 0 amide bonds. The average molecular weight is 150 g/mol. The Hall–Kier alpha value is -1.02. The lowest BCUT2D eigenvalue weighted by Crippen LogP contribution is -2.04. The van der Waals surface area contributed by atoms with Gasteiger partial charge in [-0.15, -0.1) is 0 Å². The minimum atomic E-state index is -0.152. The highest BCUT2D eigenvalue weighted by molar-refractivity contribution is 5.29. The minimum Gasteiger partial charge on any atom is -0.497 e. The summed E-state index contributed by atoms with van der Waals surface area (Å²) in [6.45, 7) is 3.70. The zero-order chi connectivity index (χ0) is 8.27. The maximum atomic E-state index is 5.55. The van der Waals surface area contributed by atoms with E-state index in [-0.39, 0.29) is 6.04 Å². The van der Waals surface area contributed by atoms with Crippen LogP contribution in [0, 0.1) is 6.92 Å². The Bertz CT molecular complexity index is 216. The van der Waals surface area contributed by atoms with Crippen molar-refractivity contribution < 1.29 is 4.74 Å². The van der Waals surface area contributed by atoms with Gasteiger partial charge in [-0.05, 0) is 24.6 Å². The number of nitrogens with two attached hydrogens (primary N) is 1. The van der Waals surface area contributed by atoms with Crippen molar-refractivity contribution in [1.82, 2.24) is 0 Å². The van der Waals surface area contributed by atoms with Crippen molar-refractivity contribution in [1.29, 1.82) is 0 Å². The van der Waals surface area contributed by atoms with Gasteiger partial charge < -0.3 is 10.5 Å². The standard InChI is InChI=1S/C9H12NO/c1-7(10)8-3-5-9(11-2)6-4-8/h3-7H,1,10H2,2H3/t7-/m0/s1. The van der Waals surface area contributed by atoms with Gasteiger partial charge in [0.25, 0.3) is 0 Å². The van der Waals surface area contributed by atoms with E-state index >= 15 is 0 Å². The molecule has 0 spiro atoms. The van der Waals surface area contributed by atoms with Crippen LogP contribution in [-0.4, -0.2) is 7.11 Å². The van der Waals surface area contributed by atoms with Crippen LogP contribution in [0.1, 0.15) is 11.6 Å².